The zero-order valence-electron chi connectivity index (χ0n) is 16.7. The Balaban J connectivity index is 1.21. The number of aromatic nitrogens is 2. The Kier molecular flexibility index (Phi) is 6.71. The highest BCUT2D eigenvalue weighted by Crippen LogP contribution is 2.25. The van der Waals surface area contributed by atoms with Gasteiger partial charge in [-0.25, -0.2) is 9.37 Å². The van der Waals surface area contributed by atoms with E-state index in [2.05, 4.69) is 19.6 Å². The van der Waals surface area contributed by atoms with E-state index in [1.807, 2.05) is 0 Å². The molecule has 0 saturated carbocycles. The molecular weight excluding hydrogens is 389 g/mol. The first-order chi connectivity index (χ1) is 14.2. The van der Waals surface area contributed by atoms with Crippen molar-refractivity contribution in [3.05, 3.63) is 41.5 Å². The van der Waals surface area contributed by atoms with E-state index < -0.39 is 0 Å². The molecule has 0 unspecified atom stereocenters. The molecule has 2 saturated heterocycles. The summed E-state index contributed by atoms with van der Waals surface area (Å²) in [5.74, 6) is 0.842. The third-order valence-corrected chi connectivity index (χ3v) is 6.77. The molecule has 4 rings (SSSR count). The third kappa shape index (κ3) is 5.51. The van der Waals surface area contributed by atoms with E-state index in [-0.39, 0.29) is 17.6 Å². The zero-order valence-corrected chi connectivity index (χ0v) is 17.5. The van der Waals surface area contributed by atoms with Gasteiger partial charge in [-0.1, -0.05) is 12.1 Å². The number of piperidine rings is 1. The predicted octanol–water partition coefficient (Wildman–Crippen LogP) is 1.28. The summed E-state index contributed by atoms with van der Waals surface area (Å²) < 4.78 is 17.5. The lowest BCUT2D eigenvalue weighted by atomic mass is 9.96. The van der Waals surface area contributed by atoms with Crippen LogP contribution in [0.15, 0.2) is 24.3 Å². The van der Waals surface area contributed by atoms with Crippen LogP contribution in [0, 0.1) is 11.7 Å². The molecule has 0 spiro atoms. The van der Waals surface area contributed by atoms with Crippen LogP contribution in [-0.2, 0) is 11.2 Å². The van der Waals surface area contributed by atoms with Gasteiger partial charge in [-0.3, -0.25) is 4.79 Å². The minimum atomic E-state index is -0.232. The first kappa shape index (κ1) is 20.2. The van der Waals surface area contributed by atoms with E-state index in [4.69, 9.17) is 0 Å². The highest BCUT2D eigenvalue weighted by atomic mass is 32.1. The van der Waals surface area contributed by atoms with Crippen molar-refractivity contribution >= 4 is 22.6 Å². The van der Waals surface area contributed by atoms with Crippen LogP contribution in [0.1, 0.15) is 37.1 Å². The lowest BCUT2D eigenvalue weighted by molar-refractivity contribution is -0.886. The Morgan fingerprint density at radius 3 is 2.66 bits per heavy atom. The van der Waals surface area contributed by atoms with E-state index >= 15 is 0 Å². The van der Waals surface area contributed by atoms with Gasteiger partial charge in [0, 0.05) is 49.8 Å². The Hall–Kier alpha value is -2.06. The molecule has 6 nitrogen and oxygen atoms in total. The quantitative estimate of drug-likeness (QED) is 0.711. The van der Waals surface area contributed by atoms with Crippen LogP contribution < -0.4 is 15.1 Å². The van der Waals surface area contributed by atoms with Crippen LogP contribution in [0.5, 0.6) is 0 Å². The molecule has 0 atom stereocenters. The summed E-state index contributed by atoms with van der Waals surface area (Å²) in [6, 6.07) is 6.46. The highest BCUT2D eigenvalue weighted by Gasteiger charge is 2.27. The number of anilines is 1. The maximum absolute atomic E-state index is 13.0. The van der Waals surface area contributed by atoms with Crippen molar-refractivity contribution in [2.75, 3.05) is 44.2 Å². The third-order valence-electron chi connectivity index (χ3n) is 5.96. The summed E-state index contributed by atoms with van der Waals surface area (Å²) in [4.78, 5) is 21.0. The minimum absolute atomic E-state index is 0.103. The monoisotopic (exact) mass is 418 g/mol. The number of hydrogen-bond donors (Lipinski definition) is 2. The van der Waals surface area contributed by atoms with Gasteiger partial charge in [0.2, 0.25) is 11.0 Å². The number of nitrogens with one attached hydrogen (secondary N) is 2. The van der Waals surface area contributed by atoms with Gasteiger partial charge in [0.1, 0.15) is 11.6 Å². The summed E-state index contributed by atoms with van der Waals surface area (Å²) in [6.07, 6.45) is 4.96. The van der Waals surface area contributed by atoms with E-state index in [9.17, 15) is 9.18 Å². The van der Waals surface area contributed by atoms with Gasteiger partial charge in [0.05, 0.1) is 26.2 Å². The Morgan fingerprint density at radius 1 is 1.21 bits per heavy atom. The fourth-order valence-electron chi connectivity index (χ4n) is 4.19. The predicted molar refractivity (Wildman–Crippen MR) is 112 cm³/mol. The molecule has 156 valence electrons. The fourth-order valence-corrected chi connectivity index (χ4v) is 4.93. The van der Waals surface area contributed by atoms with Gasteiger partial charge >= 0.3 is 0 Å². The summed E-state index contributed by atoms with van der Waals surface area (Å²) in [5.41, 5.74) is 1.00. The number of hydrogen-bond acceptors (Lipinski definition) is 5. The fraction of sp³-hybridized carbons (Fsp3) is 0.571. The number of nitrogens with zero attached hydrogens (tertiary/aromatic N) is 3. The normalized spacial score (nSPS) is 18.3. The molecule has 1 aromatic carbocycles. The van der Waals surface area contributed by atoms with Crippen LogP contribution in [0.25, 0.3) is 0 Å². The smallest absolute Gasteiger partial charge is 0.223 e. The zero-order chi connectivity index (χ0) is 20.1. The van der Waals surface area contributed by atoms with Crippen LogP contribution in [0.4, 0.5) is 9.52 Å². The molecule has 29 heavy (non-hydrogen) atoms. The largest absolute Gasteiger partial charge is 0.350 e. The average Bonchev–Trinajstić information content (AvgIpc) is 3.42. The van der Waals surface area contributed by atoms with E-state index in [1.165, 1.54) is 49.6 Å². The topological polar surface area (TPSA) is 62.6 Å². The molecule has 1 amide bonds. The molecule has 2 N–H and O–H groups in total. The molecule has 1 aromatic heterocycles. The number of quaternary nitrogens is 1. The second kappa shape index (κ2) is 9.63. The summed E-state index contributed by atoms with van der Waals surface area (Å²) in [7, 11) is 0. The molecule has 2 aliphatic rings. The van der Waals surface area contributed by atoms with E-state index in [0.29, 0.717) is 6.42 Å². The molecule has 0 radical (unpaired) electrons. The molecule has 0 bridgehead atoms. The van der Waals surface area contributed by atoms with Gasteiger partial charge < -0.3 is 15.1 Å². The van der Waals surface area contributed by atoms with Crippen molar-refractivity contribution in [1.29, 1.82) is 0 Å². The van der Waals surface area contributed by atoms with Crippen molar-refractivity contribution in [3.63, 3.8) is 0 Å². The van der Waals surface area contributed by atoms with Gasteiger partial charge in [0.25, 0.3) is 0 Å². The molecule has 0 aliphatic carbocycles. The molecule has 2 aromatic rings. The minimum Gasteiger partial charge on any atom is -0.350 e. The SMILES string of the molecule is O=C(NCC[NH+]1CCCC1)C1CCN(c2nc(Cc3ccc(F)cc3)ns2)CC1. The number of carbonyl (C=O) groups excluding carboxylic acids is 1. The number of rotatable bonds is 7. The number of amides is 1. The van der Waals surface area contributed by atoms with E-state index in [1.54, 1.807) is 17.0 Å². The van der Waals surface area contributed by atoms with Crippen LogP contribution in [0.3, 0.4) is 0 Å². The van der Waals surface area contributed by atoms with Crippen molar-refractivity contribution in [1.82, 2.24) is 14.7 Å². The summed E-state index contributed by atoms with van der Waals surface area (Å²) >= 11 is 1.40. The van der Waals surface area contributed by atoms with Gasteiger partial charge in [-0.05, 0) is 30.5 Å². The molecule has 2 aliphatic heterocycles. The standard InChI is InChI=1S/C21H28FN5OS/c22-18-5-3-16(4-6-18)15-19-24-21(29-25-19)27-12-7-17(8-13-27)20(28)23-9-14-26-10-1-2-11-26/h3-6,17H,1-2,7-15H2,(H,23,28)/p+1. The maximum Gasteiger partial charge on any atom is 0.223 e. The Bertz CT molecular complexity index is 798. The van der Waals surface area contributed by atoms with Crippen LogP contribution in [0.2, 0.25) is 0 Å². The maximum atomic E-state index is 13.0. The lowest BCUT2D eigenvalue weighted by Gasteiger charge is -2.30. The van der Waals surface area contributed by atoms with Crippen molar-refractivity contribution in [2.24, 2.45) is 5.92 Å². The number of halogens is 1. The van der Waals surface area contributed by atoms with Gasteiger partial charge in [-0.2, -0.15) is 4.37 Å². The van der Waals surface area contributed by atoms with E-state index in [0.717, 1.165) is 55.5 Å². The van der Waals surface area contributed by atoms with Crippen molar-refractivity contribution < 1.29 is 14.1 Å². The first-order valence-electron chi connectivity index (χ1n) is 10.6. The lowest BCUT2D eigenvalue weighted by Crippen LogP contribution is -3.10. The summed E-state index contributed by atoms with van der Waals surface area (Å²) in [6.45, 7) is 6.00. The second-order valence-electron chi connectivity index (χ2n) is 8.06. The van der Waals surface area contributed by atoms with Crippen LogP contribution >= 0.6 is 11.5 Å². The Morgan fingerprint density at radius 2 is 1.93 bits per heavy atom. The van der Waals surface area contributed by atoms with Crippen molar-refractivity contribution in [3.8, 4) is 0 Å². The number of benzene rings is 1. The highest BCUT2D eigenvalue weighted by molar-refractivity contribution is 7.09. The average molecular weight is 419 g/mol. The molecule has 8 heteroatoms. The number of carbonyl (C=O) groups is 1. The van der Waals surface area contributed by atoms with Gasteiger partial charge in [-0.15, -0.1) is 0 Å². The van der Waals surface area contributed by atoms with Crippen LogP contribution in [-0.4, -0.2) is 54.5 Å². The summed E-state index contributed by atoms with van der Waals surface area (Å²) in [5, 5.41) is 4.05. The molecule has 2 fully saturated rings. The van der Waals surface area contributed by atoms with Gasteiger partial charge in [0.15, 0.2) is 0 Å². The molecular formula is C21H29FN5OS+. The molecule has 3 heterocycles. The Labute approximate surface area is 175 Å². The second-order valence-corrected chi connectivity index (χ2v) is 8.79. The first-order valence-corrected chi connectivity index (χ1v) is 11.4. The van der Waals surface area contributed by atoms with Crippen molar-refractivity contribution in [2.45, 2.75) is 32.1 Å². The number of likely N-dealkylation sites (tertiary alicyclic amines) is 1.